The highest BCUT2D eigenvalue weighted by Gasteiger charge is 2.32. The molecular formula is C17H11ClF3N5O. The highest BCUT2D eigenvalue weighted by molar-refractivity contribution is 6.30. The number of carbonyl (C=O) groups is 1. The molecule has 6 nitrogen and oxygen atoms in total. The van der Waals surface area contributed by atoms with E-state index in [1.807, 2.05) is 5.43 Å². The second-order valence-electron chi connectivity index (χ2n) is 5.37. The Morgan fingerprint density at radius 2 is 1.59 bits per heavy atom. The van der Waals surface area contributed by atoms with Crippen molar-refractivity contribution in [2.75, 3.05) is 0 Å². The zero-order valence-corrected chi connectivity index (χ0v) is 14.2. The molecule has 2 aromatic heterocycles. The Morgan fingerprint density at radius 3 is 2.11 bits per heavy atom. The van der Waals surface area contributed by atoms with E-state index >= 15 is 0 Å². The number of nitrogens with one attached hydrogen (secondary N) is 1. The molecule has 0 atom stereocenters. The molecule has 2 heterocycles. The molecule has 0 aliphatic rings. The van der Waals surface area contributed by atoms with Crippen LogP contribution in [0.3, 0.4) is 0 Å². The van der Waals surface area contributed by atoms with Gasteiger partial charge in [-0.1, -0.05) is 23.7 Å². The number of nitrogens with zero attached hydrogens (tertiary/aromatic N) is 3. The predicted octanol–water partition coefficient (Wildman–Crippen LogP) is 3.48. The van der Waals surface area contributed by atoms with Crippen LogP contribution in [0, 0.1) is 0 Å². The van der Waals surface area contributed by atoms with Crippen molar-refractivity contribution >= 4 is 17.5 Å². The van der Waals surface area contributed by atoms with E-state index in [1.165, 1.54) is 12.1 Å². The summed E-state index contributed by atoms with van der Waals surface area (Å²) in [6.45, 7) is 0. The molecule has 0 fully saturated rings. The third-order valence-electron chi connectivity index (χ3n) is 3.55. The van der Waals surface area contributed by atoms with Gasteiger partial charge in [0.15, 0.2) is 0 Å². The van der Waals surface area contributed by atoms with Gasteiger partial charge in [0.1, 0.15) is 5.69 Å². The lowest BCUT2D eigenvalue weighted by atomic mass is 10.1. The average molecular weight is 394 g/mol. The zero-order valence-electron chi connectivity index (χ0n) is 13.5. The molecule has 0 saturated heterocycles. The van der Waals surface area contributed by atoms with Gasteiger partial charge in [0, 0.05) is 22.3 Å². The molecule has 1 amide bonds. The number of hydrazine groups is 1. The number of halogens is 4. The molecule has 1 aromatic carbocycles. The fourth-order valence-corrected chi connectivity index (χ4v) is 2.37. The van der Waals surface area contributed by atoms with Crippen molar-refractivity contribution in [1.82, 2.24) is 20.4 Å². The highest BCUT2D eigenvalue weighted by Crippen LogP contribution is 2.29. The summed E-state index contributed by atoms with van der Waals surface area (Å²) in [7, 11) is 0. The van der Waals surface area contributed by atoms with Crippen LogP contribution in [0.15, 0.2) is 48.7 Å². The van der Waals surface area contributed by atoms with Crippen molar-refractivity contribution in [3.8, 4) is 22.5 Å². The number of aromatic nitrogens is 3. The van der Waals surface area contributed by atoms with Gasteiger partial charge in [-0.25, -0.2) is 15.8 Å². The molecule has 3 rings (SSSR count). The number of carbonyl (C=O) groups excluding carboxylic acids is 1. The average Bonchev–Trinajstić information content (AvgIpc) is 2.67. The Morgan fingerprint density at radius 1 is 1.00 bits per heavy atom. The number of benzene rings is 1. The minimum Gasteiger partial charge on any atom is -0.287 e. The van der Waals surface area contributed by atoms with Crippen LogP contribution >= 0.6 is 11.6 Å². The summed E-state index contributed by atoms with van der Waals surface area (Å²) in [5.41, 5.74) is 2.40. The second kappa shape index (κ2) is 7.29. The lowest BCUT2D eigenvalue weighted by Crippen LogP contribution is -2.31. The first kappa shape index (κ1) is 18.7. The van der Waals surface area contributed by atoms with Crippen LogP contribution in [-0.4, -0.2) is 20.9 Å². The van der Waals surface area contributed by atoms with Gasteiger partial charge in [-0.3, -0.25) is 15.2 Å². The summed E-state index contributed by atoms with van der Waals surface area (Å²) in [5.74, 6) is 4.16. The maximum atomic E-state index is 12.7. The Bertz CT molecular complexity index is 975. The fourth-order valence-electron chi connectivity index (χ4n) is 2.24. The van der Waals surface area contributed by atoms with Gasteiger partial charge in [0.05, 0.1) is 11.4 Å². The van der Waals surface area contributed by atoms with Crippen molar-refractivity contribution in [1.29, 1.82) is 0 Å². The molecule has 0 aliphatic carbocycles. The number of amides is 1. The van der Waals surface area contributed by atoms with E-state index in [-0.39, 0.29) is 17.1 Å². The standard InChI is InChI=1S/C17H11ClF3N5O/c18-11-4-1-9(2-5-11)12-7-13(25-15(24-12)16(27)26-22)10-3-6-14(23-8-10)17(19,20)21/h1-8H,22H2,(H,26,27). The summed E-state index contributed by atoms with van der Waals surface area (Å²) in [5, 5.41) is 0.514. The molecule has 0 unspecified atom stereocenters. The van der Waals surface area contributed by atoms with Crippen LogP contribution < -0.4 is 11.3 Å². The topological polar surface area (TPSA) is 93.8 Å². The number of alkyl halides is 3. The van der Waals surface area contributed by atoms with Crippen molar-refractivity contribution in [2.24, 2.45) is 5.84 Å². The number of hydrogen-bond donors (Lipinski definition) is 2. The largest absolute Gasteiger partial charge is 0.433 e. The minimum atomic E-state index is -4.55. The molecular weight excluding hydrogens is 383 g/mol. The molecule has 27 heavy (non-hydrogen) atoms. The zero-order chi connectivity index (χ0) is 19.6. The fraction of sp³-hybridized carbons (Fsp3) is 0.0588. The van der Waals surface area contributed by atoms with E-state index in [9.17, 15) is 18.0 Å². The van der Waals surface area contributed by atoms with Crippen LogP contribution in [0.5, 0.6) is 0 Å². The van der Waals surface area contributed by atoms with Gasteiger partial charge >= 0.3 is 12.1 Å². The number of nitrogens with two attached hydrogens (primary N) is 1. The van der Waals surface area contributed by atoms with Crippen LogP contribution in [0.1, 0.15) is 16.3 Å². The van der Waals surface area contributed by atoms with Gasteiger partial charge in [0.25, 0.3) is 0 Å². The van der Waals surface area contributed by atoms with Crippen LogP contribution in [0.2, 0.25) is 5.02 Å². The van der Waals surface area contributed by atoms with Crippen molar-refractivity contribution in [2.45, 2.75) is 6.18 Å². The third-order valence-corrected chi connectivity index (χ3v) is 3.80. The van der Waals surface area contributed by atoms with Crippen molar-refractivity contribution in [3.63, 3.8) is 0 Å². The molecule has 3 N–H and O–H groups in total. The first-order chi connectivity index (χ1) is 12.8. The number of nitrogen functional groups attached to an aromatic ring is 1. The second-order valence-corrected chi connectivity index (χ2v) is 5.81. The van der Waals surface area contributed by atoms with E-state index in [0.29, 0.717) is 16.3 Å². The number of rotatable bonds is 3. The van der Waals surface area contributed by atoms with Gasteiger partial charge in [-0.15, -0.1) is 0 Å². The molecule has 0 spiro atoms. The monoisotopic (exact) mass is 393 g/mol. The highest BCUT2D eigenvalue weighted by atomic mass is 35.5. The van der Waals surface area contributed by atoms with E-state index in [2.05, 4.69) is 15.0 Å². The van der Waals surface area contributed by atoms with Gasteiger partial charge in [-0.05, 0) is 30.3 Å². The van der Waals surface area contributed by atoms with Crippen molar-refractivity contribution < 1.29 is 18.0 Å². The molecule has 138 valence electrons. The Labute approximate surface area is 156 Å². The van der Waals surface area contributed by atoms with Crippen LogP contribution in [0.4, 0.5) is 13.2 Å². The van der Waals surface area contributed by atoms with Crippen LogP contribution in [-0.2, 0) is 6.18 Å². The summed E-state index contributed by atoms with van der Waals surface area (Å²) in [6.07, 6.45) is -3.52. The minimum absolute atomic E-state index is 0.217. The molecule has 3 aromatic rings. The smallest absolute Gasteiger partial charge is 0.287 e. The quantitative estimate of drug-likeness (QED) is 0.403. The lowest BCUT2D eigenvalue weighted by Gasteiger charge is -2.09. The molecule has 0 saturated carbocycles. The lowest BCUT2D eigenvalue weighted by molar-refractivity contribution is -0.141. The van der Waals surface area contributed by atoms with E-state index in [0.717, 1.165) is 12.3 Å². The molecule has 0 bridgehead atoms. The van der Waals surface area contributed by atoms with E-state index in [1.54, 1.807) is 24.3 Å². The van der Waals surface area contributed by atoms with Gasteiger partial charge < -0.3 is 0 Å². The first-order valence-corrected chi connectivity index (χ1v) is 7.85. The summed E-state index contributed by atoms with van der Waals surface area (Å²) < 4.78 is 38.1. The Kier molecular flexibility index (Phi) is 5.06. The Balaban J connectivity index is 2.10. The summed E-state index contributed by atoms with van der Waals surface area (Å²) in [6, 6.07) is 10.2. The van der Waals surface area contributed by atoms with Crippen LogP contribution in [0.25, 0.3) is 22.5 Å². The summed E-state index contributed by atoms with van der Waals surface area (Å²) >= 11 is 5.87. The molecule has 0 radical (unpaired) electrons. The molecule has 0 aliphatic heterocycles. The maximum Gasteiger partial charge on any atom is 0.433 e. The predicted molar refractivity (Wildman–Crippen MR) is 92.4 cm³/mol. The SMILES string of the molecule is NNC(=O)c1nc(-c2ccc(Cl)cc2)cc(-c2ccc(C(F)(F)F)nc2)n1. The van der Waals surface area contributed by atoms with E-state index in [4.69, 9.17) is 17.4 Å². The normalized spacial score (nSPS) is 11.3. The first-order valence-electron chi connectivity index (χ1n) is 7.47. The van der Waals surface area contributed by atoms with Gasteiger partial charge in [-0.2, -0.15) is 13.2 Å². The third kappa shape index (κ3) is 4.21. The Hall–Kier alpha value is -3.04. The van der Waals surface area contributed by atoms with E-state index < -0.39 is 17.8 Å². The summed E-state index contributed by atoms with van der Waals surface area (Å²) in [4.78, 5) is 23.5. The number of pyridine rings is 1. The van der Waals surface area contributed by atoms with Gasteiger partial charge in [0.2, 0.25) is 5.82 Å². The maximum absolute atomic E-state index is 12.7. The molecule has 10 heteroatoms. The number of hydrogen-bond acceptors (Lipinski definition) is 5. The van der Waals surface area contributed by atoms with Crippen molar-refractivity contribution in [3.05, 3.63) is 65.2 Å².